The van der Waals surface area contributed by atoms with E-state index in [4.69, 9.17) is 9.84 Å². The summed E-state index contributed by atoms with van der Waals surface area (Å²) < 4.78 is 6.52. The highest BCUT2D eigenvalue weighted by Crippen LogP contribution is 2.60. The van der Waals surface area contributed by atoms with E-state index in [1.807, 2.05) is 20.8 Å². The van der Waals surface area contributed by atoms with Gasteiger partial charge < -0.3 is 25.4 Å². The van der Waals surface area contributed by atoms with Crippen LogP contribution in [-0.4, -0.2) is 75.5 Å². The summed E-state index contributed by atoms with van der Waals surface area (Å²) in [7, 11) is 0. The van der Waals surface area contributed by atoms with Crippen LogP contribution < -0.4 is 10.6 Å². The van der Waals surface area contributed by atoms with Crippen LogP contribution in [0.2, 0.25) is 0 Å². The van der Waals surface area contributed by atoms with Gasteiger partial charge in [-0.1, -0.05) is 43.6 Å². The van der Waals surface area contributed by atoms with Crippen molar-refractivity contribution >= 4 is 33.7 Å². The number of hydrogen-bond donors (Lipinski definition) is 3. The van der Waals surface area contributed by atoms with Crippen LogP contribution in [0, 0.1) is 17.3 Å². The molecular formula is C26H44BrN3O5. The van der Waals surface area contributed by atoms with Crippen LogP contribution in [0.1, 0.15) is 80.1 Å². The smallest absolute Gasteiger partial charge is 0.246 e. The van der Waals surface area contributed by atoms with Gasteiger partial charge in [-0.05, 0) is 57.8 Å². The van der Waals surface area contributed by atoms with Crippen molar-refractivity contribution < 1.29 is 24.2 Å². The molecule has 3 aliphatic heterocycles. The van der Waals surface area contributed by atoms with E-state index >= 15 is 0 Å². The summed E-state index contributed by atoms with van der Waals surface area (Å²) >= 11 is 3.70. The molecule has 3 heterocycles. The Morgan fingerprint density at radius 3 is 2.46 bits per heavy atom. The van der Waals surface area contributed by atoms with Crippen molar-refractivity contribution in [2.24, 2.45) is 17.3 Å². The number of nitrogens with zero attached hydrogens (tertiary/aromatic N) is 1. The lowest BCUT2D eigenvalue weighted by Gasteiger charge is -2.38. The van der Waals surface area contributed by atoms with Crippen LogP contribution in [-0.2, 0) is 19.1 Å². The molecule has 8 nitrogen and oxygen atoms in total. The van der Waals surface area contributed by atoms with Crippen LogP contribution in [0.4, 0.5) is 0 Å². The molecule has 3 unspecified atom stereocenters. The highest BCUT2D eigenvalue weighted by atomic mass is 79.9. The van der Waals surface area contributed by atoms with Gasteiger partial charge in [0.2, 0.25) is 17.7 Å². The van der Waals surface area contributed by atoms with Crippen molar-refractivity contribution in [2.45, 2.75) is 108 Å². The number of rotatable bonds is 11. The standard InChI is InChI=1S/C26H44BrN3O5/c1-7-11-28-21(32)17-18-23(34)30(12-9-8-10-13-31)20(26(18)14-16(27)19(17)35-26)22(33)29-25(5,6)15-24(2,3)4/h16-20,31H,7-15H2,1-6H3,(H,28,32)(H,29,33)/t16?,17-,18-,19-,20?,26?/m0/s1. The predicted octanol–water partition coefficient (Wildman–Crippen LogP) is 2.75. The van der Waals surface area contributed by atoms with Crippen LogP contribution in [0.15, 0.2) is 0 Å². The van der Waals surface area contributed by atoms with Crippen molar-refractivity contribution in [1.29, 1.82) is 0 Å². The van der Waals surface area contributed by atoms with E-state index in [2.05, 4.69) is 47.3 Å². The molecule has 0 aromatic carbocycles. The summed E-state index contributed by atoms with van der Waals surface area (Å²) in [5, 5.41) is 15.3. The van der Waals surface area contributed by atoms with Gasteiger partial charge in [-0.25, -0.2) is 0 Å². The Hall–Kier alpha value is -1.19. The largest absolute Gasteiger partial charge is 0.396 e. The van der Waals surface area contributed by atoms with Crippen LogP contribution in [0.3, 0.4) is 0 Å². The first kappa shape index (κ1) is 28.4. The van der Waals surface area contributed by atoms with Crippen LogP contribution >= 0.6 is 15.9 Å². The van der Waals surface area contributed by atoms with E-state index in [1.54, 1.807) is 4.90 Å². The third-order valence-electron chi connectivity index (χ3n) is 7.38. The van der Waals surface area contributed by atoms with Crippen molar-refractivity contribution in [3.05, 3.63) is 0 Å². The molecule has 0 aliphatic carbocycles. The first-order chi connectivity index (χ1) is 16.3. The Bertz CT molecular complexity index is 813. The van der Waals surface area contributed by atoms with E-state index in [0.29, 0.717) is 32.4 Å². The van der Waals surface area contributed by atoms with Crippen LogP contribution in [0.25, 0.3) is 0 Å². The third kappa shape index (κ3) is 5.72. The second-order valence-corrected chi connectivity index (χ2v) is 13.6. The normalized spacial score (nSPS) is 32.2. The van der Waals surface area contributed by atoms with E-state index < -0.39 is 35.1 Å². The number of nitrogens with one attached hydrogen (secondary N) is 2. The molecule has 3 N–H and O–H groups in total. The molecule has 9 heteroatoms. The number of aliphatic hydroxyl groups is 1. The van der Waals surface area contributed by atoms with Gasteiger partial charge in [0.25, 0.3) is 0 Å². The summed E-state index contributed by atoms with van der Waals surface area (Å²) in [5.74, 6) is -1.84. The molecule has 0 aromatic heterocycles. The van der Waals surface area contributed by atoms with Crippen molar-refractivity contribution in [1.82, 2.24) is 15.5 Å². The number of halogens is 1. The minimum atomic E-state index is -1.02. The summed E-state index contributed by atoms with van der Waals surface area (Å²) in [6.45, 7) is 13.5. The molecule has 3 aliphatic rings. The second-order valence-electron chi connectivity index (χ2n) is 12.4. The molecule has 0 radical (unpaired) electrons. The second kappa shape index (κ2) is 10.7. The molecule has 1 spiro atoms. The van der Waals surface area contributed by atoms with E-state index in [1.165, 1.54) is 0 Å². The zero-order chi connectivity index (χ0) is 26.2. The number of hydrogen-bond acceptors (Lipinski definition) is 5. The minimum absolute atomic E-state index is 0.0127. The van der Waals surface area contributed by atoms with Gasteiger partial charge in [-0.3, -0.25) is 14.4 Å². The topological polar surface area (TPSA) is 108 Å². The fourth-order valence-electron chi connectivity index (χ4n) is 6.68. The van der Waals surface area contributed by atoms with E-state index in [0.717, 1.165) is 19.3 Å². The number of ether oxygens (including phenoxy) is 1. The fourth-order valence-corrected chi connectivity index (χ4v) is 7.62. The maximum absolute atomic E-state index is 13.9. The molecule has 0 aromatic rings. The van der Waals surface area contributed by atoms with E-state index in [-0.39, 0.29) is 34.6 Å². The molecule has 200 valence electrons. The van der Waals surface area contributed by atoms with Gasteiger partial charge >= 0.3 is 0 Å². The molecule has 2 bridgehead atoms. The number of fused-ring (bicyclic) bond motifs is 1. The number of alkyl halides is 1. The molecule has 35 heavy (non-hydrogen) atoms. The third-order valence-corrected chi connectivity index (χ3v) is 8.23. The predicted molar refractivity (Wildman–Crippen MR) is 138 cm³/mol. The summed E-state index contributed by atoms with van der Waals surface area (Å²) in [4.78, 5) is 42.5. The highest BCUT2D eigenvalue weighted by molar-refractivity contribution is 9.09. The van der Waals surface area contributed by atoms with Crippen LogP contribution in [0.5, 0.6) is 0 Å². The Balaban J connectivity index is 1.94. The Kier molecular flexibility index (Phi) is 8.64. The number of aliphatic hydroxyl groups excluding tert-OH is 1. The van der Waals surface area contributed by atoms with Gasteiger partial charge in [0, 0.05) is 30.1 Å². The number of amides is 3. The Labute approximate surface area is 218 Å². The first-order valence-corrected chi connectivity index (χ1v) is 14.0. The number of carbonyl (C=O) groups is 3. The lowest BCUT2D eigenvalue weighted by Crippen LogP contribution is -2.59. The average molecular weight is 559 g/mol. The monoisotopic (exact) mass is 557 g/mol. The zero-order valence-electron chi connectivity index (χ0n) is 22.2. The van der Waals surface area contributed by atoms with Gasteiger partial charge in [0.1, 0.15) is 11.6 Å². The first-order valence-electron chi connectivity index (χ1n) is 13.1. The van der Waals surface area contributed by atoms with Gasteiger partial charge in [-0.15, -0.1) is 0 Å². The average Bonchev–Trinajstić information content (AvgIpc) is 3.30. The molecule has 0 saturated carbocycles. The van der Waals surface area contributed by atoms with Gasteiger partial charge in [0.15, 0.2) is 0 Å². The zero-order valence-corrected chi connectivity index (χ0v) is 23.7. The minimum Gasteiger partial charge on any atom is -0.396 e. The van der Waals surface area contributed by atoms with Gasteiger partial charge in [0.05, 0.1) is 17.9 Å². The lowest BCUT2D eigenvalue weighted by molar-refractivity contribution is -0.143. The van der Waals surface area contributed by atoms with Crippen molar-refractivity contribution in [3.63, 3.8) is 0 Å². The molecule has 3 fully saturated rings. The number of carbonyl (C=O) groups excluding carboxylic acids is 3. The maximum Gasteiger partial charge on any atom is 0.246 e. The summed E-state index contributed by atoms with van der Waals surface area (Å²) in [6, 6.07) is -0.789. The Morgan fingerprint density at radius 2 is 1.86 bits per heavy atom. The highest BCUT2D eigenvalue weighted by Gasteiger charge is 2.76. The fraction of sp³-hybridized carbons (Fsp3) is 0.885. The molecular weight excluding hydrogens is 514 g/mol. The lowest BCUT2D eigenvalue weighted by atomic mass is 9.70. The van der Waals surface area contributed by atoms with E-state index in [9.17, 15) is 14.4 Å². The molecule has 6 atom stereocenters. The van der Waals surface area contributed by atoms with Gasteiger partial charge in [-0.2, -0.15) is 0 Å². The van der Waals surface area contributed by atoms with Crippen molar-refractivity contribution in [2.75, 3.05) is 19.7 Å². The summed E-state index contributed by atoms with van der Waals surface area (Å²) in [5.41, 5.74) is -1.49. The molecule has 3 amide bonds. The maximum atomic E-state index is 13.9. The van der Waals surface area contributed by atoms with Crippen molar-refractivity contribution in [3.8, 4) is 0 Å². The number of likely N-dealkylation sites (tertiary alicyclic amines) is 1. The molecule has 3 saturated heterocycles. The summed E-state index contributed by atoms with van der Waals surface area (Å²) in [6.07, 6.45) is 3.73. The quantitative estimate of drug-likeness (QED) is 0.267. The SMILES string of the molecule is CCCNC(=O)[C@H]1[C@H]2C(=O)N(CCCCCO)C(C(=O)NC(C)(C)CC(C)(C)C)C23CC(Br)[C@@H]1O3. The number of unbranched alkanes of at least 4 members (excludes halogenated alkanes) is 2. The molecule has 3 rings (SSSR count). The Morgan fingerprint density at radius 1 is 1.17 bits per heavy atom.